The van der Waals surface area contributed by atoms with Crippen molar-refractivity contribution >= 4 is 36.4 Å². The summed E-state index contributed by atoms with van der Waals surface area (Å²) in [6, 6.07) is 20.5. The van der Waals surface area contributed by atoms with E-state index in [9.17, 15) is 14.4 Å². The van der Waals surface area contributed by atoms with E-state index in [0.717, 1.165) is 16.4 Å². The fourth-order valence-electron chi connectivity index (χ4n) is 4.41. The Morgan fingerprint density at radius 3 is 1.79 bits per heavy atom. The topological polar surface area (TPSA) is 78.9 Å². The zero-order chi connectivity index (χ0) is 28.6. The highest BCUT2D eigenvalue weighted by Gasteiger charge is 2.51. The van der Waals surface area contributed by atoms with Gasteiger partial charge in [-0.1, -0.05) is 81.4 Å². The highest BCUT2D eigenvalue weighted by Crippen LogP contribution is 2.38. The number of Topliss-reactive ketones (excluding diaryl/α,β-unsaturated/α-hetero) is 1. The average Bonchev–Trinajstić information content (AvgIpc) is 2.83. The van der Waals surface area contributed by atoms with Crippen molar-refractivity contribution in [1.29, 1.82) is 0 Å². The molecule has 2 rings (SSSR count). The molecule has 0 amide bonds. The van der Waals surface area contributed by atoms with E-state index in [0.29, 0.717) is 6.42 Å². The van der Waals surface area contributed by atoms with Crippen molar-refractivity contribution in [2.24, 2.45) is 0 Å². The van der Waals surface area contributed by atoms with Gasteiger partial charge in [-0.2, -0.15) is 0 Å². The number of carbonyl (C=O) groups is 3. The van der Waals surface area contributed by atoms with Gasteiger partial charge in [0.05, 0.1) is 6.61 Å². The van der Waals surface area contributed by atoms with Gasteiger partial charge in [-0.3, -0.25) is 4.79 Å². The van der Waals surface area contributed by atoms with Crippen molar-refractivity contribution in [3.8, 4) is 0 Å². The van der Waals surface area contributed by atoms with Crippen molar-refractivity contribution < 1.29 is 28.3 Å². The number of benzene rings is 2. The van der Waals surface area contributed by atoms with Crippen LogP contribution in [0.15, 0.2) is 72.3 Å². The van der Waals surface area contributed by atoms with Crippen LogP contribution < -0.4 is 10.4 Å². The average molecular weight is 539 g/mol. The molecule has 0 bridgehead atoms. The first kappa shape index (κ1) is 31.2. The minimum atomic E-state index is -2.79. The second-order valence-corrected chi connectivity index (χ2v) is 15.6. The lowest BCUT2D eigenvalue weighted by molar-refractivity contribution is -0.151. The number of hydrogen-bond acceptors (Lipinski definition) is 6. The van der Waals surface area contributed by atoms with Crippen LogP contribution in [0.2, 0.25) is 5.04 Å². The molecule has 206 valence electrons. The lowest BCUT2D eigenvalue weighted by atomic mass is 10.0. The third kappa shape index (κ3) is 8.23. The smallest absolute Gasteiger partial charge is 0.342 e. The lowest BCUT2D eigenvalue weighted by Gasteiger charge is -2.44. The summed E-state index contributed by atoms with van der Waals surface area (Å²) in [5.74, 6) is -2.07. The zero-order valence-corrected chi connectivity index (χ0v) is 25.0. The number of rotatable bonds is 11. The predicted molar refractivity (Wildman–Crippen MR) is 153 cm³/mol. The zero-order valence-electron chi connectivity index (χ0n) is 24.0. The molecule has 0 N–H and O–H groups in total. The van der Waals surface area contributed by atoms with Crippen LogP contribution in [0, 0.1) is 0 Å². The van der Waals surface area contributed by atoms with Gasteiger partial charge < -0.3 is 13.9 Å². The first-order chi connectivity index (χ1) is 17.7. The summed E-state index contributed by atoms with van der Waals surface area (Å²) in [4.78, 5) is 38.1. The van der Waals surface area contributed by atoms with Crippen LogP contribution in [-0.4, -0.2) is 44.4 Å². The first-order valence-electron chi connectivity index (χ1n) is 13.1. The Bertz CT molecular complexity index is 1070. The van der Waals surface area contributed by atoms with Gasteiger partial charge in [0.2, 0.25) is 0 Å². The summed E-state index contributed by atoms with van der Waals surface area (Å²) in [5, 5.41) is 2.08. The van der Waals surface area contributed by atoms with Crippen LogP contribution in [0.5, 0.6) is 0 Å². The molecule has 0 aliphatic carbocycles. The number of hydrogen-bond donors (Lipinski definition) is 0. The molecule has 0 saturated carbocycles. The van der Waals surface area contributed by atoms with E-state index in [-0.39, 0.29) is 29.7 Å². The van der Waals surface area contributed by atoms with Gasteiger partial charge in [-0.15, -0.1) is 0 Å². The summed E-state index contributed by atoms with van der Waals surface area (Å²) >= 11 is 0. The van der Waals surface area contributed by atoms with E-state index < -0.39 is 31.6 Å². The summed E-state index contributed by atoms with van der Waals surface area (Å²) in [6.45, 7) is 15.4. The minimum absolute atomic E-state index is 0.0177. The van der Waals surface area contributed by atoms with Gasteiger partial charge >= 0.3 is 11.9 Å². The van der Waals surface area contributed by atoms with Gasteiger partial charge in [-0.05, 0) is 56.5 Å². The van der Waals surface area contributed by atoms with Crippen LogP contribution in [0.1, 0.15) is 68.2 Å². The van der Waals surface area contributed by atoms with Crippen LogP contribution in [0.3, 0.4) is 0 Å². The third-order valence-electron chi connectivity index (χ3n) is 6.04. The summed E-state index contributed by atoms with van der Waals surface area (Å²) in [7, 11) is -2.79. The Labute approximate surface area is 228 Å². The van der Waals surface area contributed by atoms with E-state index in [1.54, 1.807) is 27.7 Å². The molecule has 0 radical (unpaired) electrons. The van der Waals surface area contributed by atoms with Crippen molar-refractivity contribution in [1.82, 2.24) is 0 Å². The summed E-state index contributed by atoms with van der Waals surface area (Å²) in [5.41, 5.74) is -1.12. The van der Waals surface area contributed by atoms with Gasteiger partial charge in [0.15, 0.2) is 5.78 Å². The maximum atomic E-state index is 13.2. The lowest BCUT2D eigenvalue weighted by Crippen LogP contribution is -2.67. The molecular weight excluding hydrogens is 496 g/mol. The Kier molecular flexibility index (Phi) is 10.8. The van der Waals surface area contributed by atoms with Gasteiger partial charge in [0.25, 0.3) is 8.32 Å². The number of carbonyl (C=O) groups excluding carboxylic acids is 3. The van der Waals surface area contributed by atoms with Crippen molar-refractivity contribution in [3.63, 3.8) is 0 Å². The Morgan fingerprint density at radius 2 is 1.37 bits per heavy atom. The second-order valence-electron chi connectivity index (χ2n) is 11.4. The van der Waals surface area contributed by atoms with Gasteiger partial charge in [0.1, 0.15) is 11.2 Å². The Balaban J connectivity index is 2.35. The molecule has 0 heterocycles. The van der Waals surface area contributed by atoms with Gasteiger partial charge in [0, 0.05) is 18.6 Å². The molecule has 2 aromatic rings. The highest BCUT2D eigenvalue weighted by molar-refractivity contribution is 6.99. The molecule has 0 aromatic heterocycles. The second kappa shape index (κ2) is 13.2. The number of ether oxygens (including phenoxy) is 2. The highest BCUT2D eigenvalue weighted by atomic mass is 28.4. The standard InChI is InChI=1S/C31H42O6Si/c1-9-35-28(33)22-26(29(34)36-30(3,4)5)27(32)21-20-23(2)37-38(31(6,7)8,24-16-12-10-13-17-24)25-18-14-11-15-19-25/h10-19,22-23H,9,20-21H2,1-8H3/b26-22+/t23-/m1/s1. The Hall–Kier alpha value is -3.03. The third-order valence-corrected chi connectivity index (χ3v) is 11.2. The molecule has 0 aliphatic heterocycles. The molecule has 1 atom stereocenters. The monoisotopic (exact) mass is 538 g/mol. The first-order valence-corrected chi connectivity index (χ1v) is 15.1. The number of esters is 2. The number of ketones is 1. The summed E-state index contributed by atoms with van der Waals surface area (Å²) < 4.78 is 17.3. The van der Waals surface area contributed by atoms with E-state index in [2.05, 4.69) is 45.0 Å². The fraction of sp³-hybridized carbons (Fsp3) is 0.452. The largest absolute Gasteiger partial charge is 0.463 e. The van der Waals surface area contributed by atoms with Crippen LogP contribution >= 0.6 is 0 Å². The maximum absolute atomic E-state index is 13.2. The van der Waals surface area contributed by atoms with E-state index >= 15 is 0 Å². The predicted octanol–water partition coefficient (Wildman–Crippen LogP) is 5.13. The maximum Gasteiger partial charge on any atom is 0.342 e. The SMILES string of the molecule is CCOC(=O)/C=C(\C(=O)CC[C@@H](C)O[Si](c1ccccc1)(c1ccccc1)C(C)(C)C)C(=O)OC(C)(C)C. The molecule has 0 unspecified atom stereocenters. The van der Waals surface area contributed by atoms with Crippen molar-refractivity contribution in [2.75, 3.05) is 6.61 Å². The minimum Gasteiger partial charge on any atom is -0.463 e. The van der Waals surface area contributed by atoms with E-state index in [1.807, 2.05) is 43.3 Å². The fourth-order valence-corrected chi connectivity index (χ4v) is 9.15. The quantitative estimate of drug-likeness (QED) is 0.130. The molecular formula is C31H42O6Si. The van der Waals surface area contributed by atoms with Crippen LogP contribution in [-0.2, 0) is 28.3 Å². The van der Waals surface area contributed by atoms with Crippen molar-refractivity contribution in [3.05, 3.63) is 72.3 Å². The Morgan fingerprint density at radius 1 is 0.868 bits per heavy atom. The molecule has 0 aliphatic rings. The molecule has 0 saturated heterocycles. The van der Waals surface area contributed by atoms with E-state index in [1.165, 1.54) is 0 Å². The van der Waals surface area contributed by atoms with Gasteiger partial charge in [-0.25, -0.2) is 9.59 Å². The molecule has 38 heavy (non-hydrogen) atoms. The van der Waals surface area contributed by atoms with Crippen LogP contribution in [0.4, 0.5) is 0 Å². The molecule has 0 fully saturated rings. The molecule has 0 spiro atoms. The van der Waals surface area contributed by atoms with Crippen molar-refractivity contribution in [2.45, 2.75) is 85.0 Å². The van der Waals surface area contributed by atoms with E-state index in [4.69, 9.17) is 13.9 Å². The molecule has 6 nitrogen and oxygen atoms in total. The van der Waals surface area contributed by atoms with Crippen LogP contribution in [0.25, 0.3) is 0 Å². The molecule has 7 heteroatoms. The summed E-state index contributed by atoms with van der Waals surface area (Å²) in [6.07, 6.45) is 1.02. The molecule has 2 aromatic carbocycles. The normalized spacial score (nSPS) is 13.5.